The summed E-state index contributed by atoms with van der Waals surface area (Å²) in [6.45, 7) is 5.55. The number of benzene rings is 1. The van der Waals surface area contributed by atoms with Crippen LogP contribution in [0.2, 0.25) is 0 Å². The molecule has 20 heavy (non-hydrogen) atoms. The Kier molecular flexibility index (Phi) is 5.19. The van der Waals surface area contributed by atoms with Gasteiger partial charge >= 0.3 is 0 Å². The van der Waals surface area contributed by atoms with Gasteiger partial charge in [0.2, 0.25) is 0 Å². The molecular weight excluding hydrogens is 250 g/mol. The number of nitrogens with two attached hydrogens (primary N) is 1. The fourth-order valence-corrected chi connectivity index (χ4v) is 2.74. The van der Waals surface area contributed by atoms with E-state index in [4.69, 9.17) is 10.5 Å². The second kappa shape index (κ2) is 6.70. The van der Waals surface area contributed by atoms with Gasteiger partial charge in [0, 0.05) is 6.54 Å². The van der Waals surface area contributed by atoms with Crippen LogP contribution in [0.1, 0.15) is 56.8 Å². The largest absolute Gasteiger partial charge is 0.386 e. The van der Waals surface area contributed by atoms with Gasteiger partial charge in [-0.05, 0) is 42.2 Å². The molecule has 3 nitrogen and oxygen atoms in total. The molecule has 1 aromatic carbocycles. The Labute approximate surface area is 122 Å². The van der Waals surface area contributed by atoms with Crippen molar-refractivity contribution in [1.29, 1.82) is 0 Å². The molecule has 0 heterocycles. The number of aliphatic hydroxyl groups excluding tert-OH is 1. The molecule has 1 atom stereocenters. The average molecular weight is 277 g/mol. The summed E-state index contributed by atoms with van der Waals surface area (Å²) in [6.07, 6.45) is 4.38. The molecule has 0 aliphatic heterocycles. The van der Waals surface area contributed by atoms with E-state index < -0.39 is 6.10 Å². The third kappa shape index (κ3) is 4.30. The van der Waals surface area contributed by atoms with Gasteiger partial charge in [-0.1, -0.05) is 38.1 Å². The summed E-state index contributed by atoms with van der Waals surface area (Å²) >= 11 is 0. The lowest BCUT2D eigenvalue weighted by Gasteiger charge is -2.34. The number of aliphatic hydroxyl groups is 1. The van der Waals surface area contributed by atoms with Crippen molar-refractivity contribution in [3.05, 3.63) is 35.4 Å². The maximum atomic E-state index is 10.2. The van der Waals surface area contributed by atoms with E-state index >= 15 is 0 Å². The highest BCUT2D eigenvalue weighted by Gasteiger charge is 2.27. The van der Waals surface area contributed by atoms with Crippen LogP contribution >= 0.6 is 0 Å². The van der Waals surface area contributed by atoms with E-state index in [0.29, 0.717) is 24.7 Å². The van der Waals surface area contributed by atoms with Crippen molar-refractivity contribution in [2.24, 2.45) is 11.1 Å². The van der Waals surface area contributed by atoms with Crippen LogP contribution < -0.4 is 5.73 Å². The van der Waals surface area contributed by atoms with E-state index in [2.05, 4.69) is 13.8 Å². The molecule has 0 radical (unpaired) electrons. The summed E-state index contributed by atoms with van der Waals surface area (Å²) in [5, 5.41) is 10.2. The number of hydrogen-bond acceptors (Lipinski definition) is 3. The van der Waals surface area contributed by atoms with E-state index in [-0.39, 0.29) is 0 Å². The Balaban J connectivity index is 1.78. The lowest BCUT2D eigenvalue weighted by atomic mass is 9.76. The maximum Gasteiger partial charge on any atom is 0.102 e. The molecule has 3 heteroatoms. The van der Waals surface area contributed by atoms with Crippen LogP contribution in [-0.4, -0.2) is 17.8 Å². The van der Waals surface area contributed by atoms with Crippen molar-refractivity contribution in [3.63, 3.8) is 0 Å². The SMILES string of the molecule is CC1(C)CCC(OCC(O)c2ccc(CN)cc2)CC1. The standard InChI is InChI=1S/C17H27NO2/c1-17(2)9-7-15(8-10-17)20-12-16(19)14-5-3-13(11-18)4-6-14/h3-6,15-16,19H,7-12,18H2,1-2H3. The van der Waals surface area contributed by atoms with Crippen molar-refractivity contribution in [2.75, 3.05) is 6.61 Å². The molecule has 0 spiro atoms. The number of rotatable bonds is 5. The number of ether oxygens (including phenoxy) is 1. The zero-order valence-electron chi connectivity index (χ0n) is 12.6. The van der Waals surface area contributed by atoms with Gasteiger partial charge in [0.25, 0.3) is 0 Å². The fourth-order valence-electron chi connectivity index (χ4n) is 2.74. The molecule has 0 saturated heterocycles. The average Bonchev–Trinajstić information content (AvgIpc) is 2.46. The van der Waals surface area contributed by atoms with Crippen LogP contribution in [0.5, 0.6) is 0 Å². The zero-order valence-corrected chi connectivity index (χ0v) is 12.6. The molecule has 1 fully saturated rings. The first kappa shape index (κ1) is 15.5. The Morgan fingerprint density at radius 1 is 1.25 bits per heavy atom. The van der Waals surface area contributed by atoms with E-state index in [9.17, 15) is 5.11 Å². The molecule has 3 N–H and O–H groups in total. The highest BCUT2D eigenvalue weighted by Crippen LogP contribution is 2.36. The molecule has 0 aromatic heterocycles. The fraction of sp³-hybridized carbons (Fsp3) is 0.647. The van der Waals surface area contributed by atoms with Crippen molar-refractivity contribution < 1.29 is 9.84 Å². The predicted molar refractivity (Wildman–Crippen MR) is 81.3 cm³/mol. The monoisotopic (exact) mass is 277 g/mol. The number of hydrogen-bond donors (Lipinski definition) is 2. The van der Waals surface area contributed by atoms with Crippen LogP contribution in [-0.2, 0) is 11.3 Å². The second-order valence-electron chi connectivity index (χ2n) is 6.66. The summed E-state index contributed by atoms with van der Waals surface area (Å²) in [7, 11) is 0. The molecule has 0 bridgehead atoms. The minimum atomic E-state index is -0.545. The van der Waals surface area contributed by atoms with Gasteiger partial charge in [-0.2, -0.15) is 0 Å². The lowest BCUT2D eigenvalue weighted by Crippen LogP contribution is -2.27. The van der Waals surface area contributed by atoms with Gasteiger partial charge in [-0.3, -0.25) is 0 Å². The van der Waals surface area contributed by atoms with Crippen LogP contribution in [0.25, 0.3) is 0 Å². The molecule has 1 aromatic rings. The smallest absolute Gasteiger partial charge is 0.102 e. The topological polar surface area (TPSA) is 55.5 Å². The first-order chi connectivity index (χ1) is 9.50. The lowest BCUT2D eigenvalue weighted by molar-refractivity contribution is -0.0380. The Morgan fingerprint density at radius 3 is 2.40 bits per heavy atom. The Hall–Kier alpha value is -0.900. The van der Waals surface area contributed by atoms with Gasteiger partial charge in [-0.15, -0.1) is 0 Å². The van der Waals surface area contributed by atoms with Gasteiger partial charge in [0.1, 0.15) is 6.10 Å². The van der Waals surface area contributed by atoms with Gasteiger partial charge in [-0.25, -0.2) is 0 Å². The molecule has 2 rings (SSSR count). The maximum absolute atomic E-state index is 10.2. The third-order valence-electron chi connectivity index (χ3n) is 4.38. The van der Waals surface area contributed by atoms with E-state index in [1.165, 1.54) is 12.8 Å². The zero-order chi connectivity index (χ0) is 14.6. The molecule has 0 amide bonds. The van der Waals surface area contributed by atoms with E-state index in [1.54, 1.807) is 0 Å². The van der Waals surface area contributed by atoms with Crippen molar-refractivity contribution >= 4 is 0 Å². The quantitative estimate of drug-likeness (QED) is 0.869. The Morgan fingerprint density at radius 2 is 1.85 bits per heavy atom. The van der Waals surface area contributed by atoms with Gasteiger partial charge < -0.3 is 15.6 Å². The van der Waals surface area contributed by atoms with Crippen LogP contribution in [0.15, 0.2) is 24.3 Å². The van der Waals surface area contributed by atoms with Crippen LogP contribution in [0.3, 0.4) is 0 Å². The van der Waals surface area contributed by atoms with Crippen molar-refractivity contribution in [1.82, 2.24) is 0 Å². The molecule has 1 saturated carbocycles. The molecule has 112 valence electrons. The minimum Gasteiger partial charge on any atom is -0.386 e. The van der Waals surface area contributed by atoms with Crippen molar-refractivity contribution in [3.8, 4) is 0 Å². The van der Waals surface area contributed by atoms with E-state index in [0.717, 1.165) is 24.0 Å². The molecule has 1 aliphatic rings. The van der Waals surface area contributed by atoms with Gasteiger partial charge in [0.05, 0.1) is 12.7 Å². The van der Waals surface area contributed by atoms with Gasteiger partial charge in [0.15, 0.2) is 0 Å². The highest BCUT2D eigenvalue weighted by molar-refractivity contribution is 5.24. The normalized spacial score (nSPS) is 20.8. The van der Waals surface area contributed by atoms with Crippen LogP contribution in [0, 0.1) is 5.41 Å². The first-order valence-corrected chi connectivity index (χ1v) is 7.59. The summed E-state index contributed by atoms with van der Waals surface area (Å²) in [4.78, 5) is 0. The summed E-state index contributed by atoms with van der Waals surface area (Å²) < 4.78 is 5.87. The summed E-state index contributed by atoms with van der Waals surface area (Å²) in [5.74, 6) is 0. The Bertz CT molecular complexity index is 404. The van der Waals surface area contributed by atoms with Crippen LogP contribution in [0.4, 0.5) is 0 Å². The first-order valence-electron chi connectivity index (χ1n) is 7.59. The molecule has 1 unspecified atom stereocenters. The molecule has 1 aliphatic carbocycles. The third-order valence-corrected chi connectivity index (χ3v) is 4.38. The van der Waals surface area contributed by atoms with Crippen molar-refractivity contribution in [2.45, 2.75) is 58.3 Å². The minimum absolute atomic E-state index is 0.306. The summed E-state index contributed by atoms with van der Waals surface area (Å²) in [6, 6.07) is 7.78. The highest BCUT2D eigenvalue weighted by atomic mass is 16.5. The predicted octanol–water partition coefficient (Wildman–Crippen LogP) is 3.16. The van der Waals surface area contributed by atoms with E-state index in [1.807, 2.05) is 24.3 Å². The summed E-state index contributed by atoms with van der Waals surface area (Å²) in [5.41, 5.74) is 8.00. The molecular formula is C17H27NO2. The second-order valence-corrected chi connectivity index (χ2v) is 6.66.